The monoisotopic (exact) mass is 278 g/mol. The molecule has 3 amide bonds. The molecule has 0 unspecified atom stereocenters. The maximum atomic E-state index is 11.8. The van der Waals surface area contributed by atoms with E-state index in [-0.39, 0.29) is 24.6 Å². The van der Waals surface area contributed by atoms with Gasteiger partial charge in [0.15, 0.2) is 0 Å². The van der Waals surface area contributed by atoms with Crippen molar-refractivity contribution in [3.05, 3.63) is 29.3 Å². The van der Waals surface area contributed by atoms with Crippen molar-refractivity contribution in [3.63, 3.8) is 0 Å². The second-order valence-corrected chi connectivity index (χ2v) is 4.45. The second kappa shape index (κ2) is 5.20. The van der Waals surface area contributed by atoms with E-state index in [9.17, 15) is 14.4 Å². The van der Waals surface area contributed by atoms with Gasteiger partial charge in [-0.05, 0) is 18.2 Å². The number of likely N-dealkylation sites (N-methyl/N-ethyl adjacent to an activating group) is 1. The van der Waals surface area contributed by atoms with Crippen molar-refractivity contribution >= 4 is 17.9 Å². The molecule has 0 atom stereocenters. The van der Waals surface area contributed by atoms with Gasteiger partial charge in [-0.25, -0.2) is 9.59 Å². The van der Waals surface area contributed by atoms with Gasteiger partial charge in [0, 0.05) is 12.6 Å². The van der Waals surface area contributed by atoms with Gasteiger partial charge in [0.25, 0.3) is 5.91 Å². The number of imide groups is 1. The van der Waals surface area contributed by atoms with Gasteiger partial charge in [-0.1, -0.05) is 0 Å². The van der Waals surface area contributed by atoms with E-state index in [4.69, 9.17) is 9.84 Å². The van der Waals surface area contributed by atoms with Gasteiger partial charge < -0.3 is 14.7 Å². The van der Waals surface area contributed by atoms with Gasteiger partial charge in [-0.3, -0.25) is 9.69 Å². The number of rotatable bonds is 4. The average Bonchev–Trinajstić information content (AvgIpc) is 2.65. The van der Waals surface area contributed by atoms with Gasteiger partial charge in [0.05, 0.1) is 19.2 Å². The summed E-state index contributed by atoms with van der Waals surface area (Å²) < 4.78 is 5.13. The number of hydrogen-bond acceptors (Lipinski definition) is 4. The van der Waals surface area contributed by atoms with Crippen LogP contribution < -0.4 is 4.74 Å². The molecular formula is C13H14N2O5. The molecule has 0 saturated carbocycles. The van der Waals surface area contributed by atoms with Crippen LogP contribution in [0.5, 0.6) is 5.75 Å². The van der Waals surface area contributed by atoms with Crippen molar-refractivity contribution in [2.45, 2.75) is 6.54 Å². The lowest BCUT2D eigenvalue weighted by atomic mass is 10.1. The first kappa shape index (κ1) is 13.9. The van der Waals surface area contributed by atoms with Crippen LogP contribution in [0, 0.1) is 0 Å². The first-order valence-electron chi connectivity index (χ1n) is 5.89. The molecule has 1 N–H and O–H groups in total. The molecule has 1 aliphatic heterocycles. The molecule has 7 nitrogen and oxygen atoms in total. The van der Waals surface area contributed by atoms with Crippen molar-refractivity contribution < 1.29 is 24.2 Å². The summed E-state index contributed by atoms with van der Waals surface area (Å²) in [4.78, 5) is 36.9. The quantitative estimate of drug-likeness (QED) is 0.823. The number of nitrogens with zero attached hydrogens (tertiary/aromatic N) is 2. The van der Waals surface area contributed by atoms with E-state index >= 15 is 0 Å². The Morgan fingerprint density at radius 2 is 2.10 bits per heavy atom. The fourth-order valence-electron chi connectivity index (χ4n) is 2.03. The Labute approximate surface area is 115 Å². The number of carbonyl (C=O) groups excluding carboxylic acids is 2. The van der Waals surface area contributed by atoms with Crippen LogP contribution in [0.4, 0.5) is 4.79 Å². The number of carbonyl (C=O) groups is 3. The number of urea groups is 1. The zero-order valence-electron chi connectivity index (χ0n) is 11.1. The Morgan fingerprint density at radius 1 is 1.40 bits per heavy atom. The number of hydrogen-bond donors (Lipinski definition) is 1. The van der Waals surface area contributed by atoms with Gasteiger partial charge >= 0.3 is 12.0 Å². The summed E-state index contributed by atoms with van der Waals surface area (Å²) in [6.07, 6.45) is 0. The molecule has 1 heterocycles. The van der Waals surface area contributed by atoms with Crippen LogP contribution >= 0.6 is 0 Å². The van der Waals surface area contributed by atoms with Crippen LogP contribution in [0.3, 0.4) is 0 Å². The Kier molecular flexibility index (Phi) is 3.60. The Morgan fingerprint density at radius 3 is 2.60 bits per heavy atom. The maximum absolute atomic E-state index is 11.8. The molecule has 7 heteroatoms. The molecule has 1 aromatic rings. The summed E-state index contributed by atoms with van der Waals surface area (Å²) >= 11 is 0. The molecule has 0 aliphatic carbocycles. The van der Waals surface area contributed by atoms with E-state index in [0.29, 0.717) is 11.3 Å². The molecular weight excluding hydrogens is 264 g/mol. The summed E-state index contributed by atoms with van der Waals surface area (Å²) in [6, 6.07) is 3.91. The molecule has 0 aromatic heterocycles. The van der Waals surface area contributed by atoms with Crippen molar-refractivity contribution in [1.82, 2.24) is 9.80 Å². The van der Waals surface area contributed by atoms with Gasteiger partial charge in [-0.15, -0.1) is 0 Å². The van der Waals surface area contributed by atoms with E-state index < -0.39 is 12.0 Å². The summed E-state index contributed by atoms with van der Waals surface area (Å²) in [5.41, 5.74) is 0.553. The van der Waals surface area contributed by atoms with Crippen LogP contribution in [0.15, 0.2) is 18.2 Å². The fourth-order valence-corrected chi connectivity index (χ4v) is 2.03. The number of aromatic carboxylic acids is 1. The lowest BCUT2D eigenvalue weighted by Crippen LogP contribution is -2.31. The van der Waals surface area contributed by atoms with Gasteiger partial charge in [-0.2, -0.15) is 0 Å². The van der Waals surface area contributed by atoms with Crippen molar-refractivity contribution in [2.24, 2.45) is 0 Å². The summed E-state index contributed by atoms with van der Waals surface area (Å²) in [5, 5.41) is 8.98. The number of benzene rings is 1. The first-order chi connectivity index (χ1) is 9.43. The highest BCUT2D eigenvalue weighted by molar-refractivity contribution is 6.01. The Hall–Kier alpha value is -2.57. The normalized spacial score (nSPS) is 14.9. The van der Waals surface area contributed by atoms with Crippen LogP contribution in [0.2, 0.25) is 0 Å². The van der Waals surface area contributed by atoms with Crippen LogP contribution in [0.1, 0.15) is 15.9 Å². The predicted molar refractivity (Wildman–Crippen MR) is 68.5 cm³/mol. The van der Waals surface area contributed by atoms with Crippen molar-refractivity contribution in [3.8, 4) is 5.75 Å². The van der Waals surface area contributed by atoms with E-state index in [1.807, 2.05) is 0 Å². The zero-order valence-corrected chi connectivity index (χ0v) is 11.1. The average molecular weight is 278 g/mol. The molecule has 1 aliphatic rings. The lowest BCUT2D eigenvalue weighted by molar-refractivity contribution is -0.125. The van der Waals surface area contributed by atoms with Gasteiger partial charge in [0.1, 0.15) is 12.3 Å². The highest BCUT2D eigenvalue weighted by Crippen LogP contribution is 2.23. The summed E-state index contributed by atoms with van der Waals surface area (Å²) in [5.74, 6) is -0.962. The van der Waals surface area contributed by atoms with Crippen LogP contribution in [-0.4, -0.2) is 53.5 Å². The molecule has 1 fully saturated rings. The summed E-state index contributed by atoms with van der Waals surface area (Å²) in [6.45, 7) is 0.0199. The smallest absolute Gasteiger partial charge is 0.335 e. The van der Waals surface area contributed by atoms with E-state index in [2.05, 4.69) is 0 Å². The van der Waals surface area contributed by atoms with Crippen molar-refractivity contribution in [1.29, 1.82) is 0 Å². The number of carboxylic acids is 1. The van der Waals surface area contributed by atoms with Crippen molar-refractivity contribution in [2.75, 3.05) is 20.7 Å². The Balaban J connectivity index is 2.32. The molecule has 1 saturated heterocycles. The molecule has 2 rings (SSSR count). The van der Waals surface area contributed by atoms with E-state index in [0.717, 1.165) is 4.90 Å². The minimum Gasteiger partial charge on any atom is -0.496 e. The third kappa shape index (κ3) is 2.42. The Bertz CT molecular complexity index is 584. The van der Waals surface area contributed by atoms with E-state index in [1.54, 1.807) is 0 Å². The number of methoxy groups -OCH3 is 1. The zero-order chi connectivity index (χ0) is 14.9. The number of ether oxygens (including phenoxy) is 1. The molecule has 0 bridgehead atoms. The minimum absolute atomic E-state index is 0.00764. The van der Waals surface area contributed by atoms with Crippen LogP contribution in [0.25, 0.3) is 0 Å². The molecule has 0 spiro atoms. The first-order valence-corrected chi connectivity index (χ1v) is 5.89. The SMILES string of the molecule is COc1ccc(C(=O)O)cc1CN1C(=O)CN(C)C1=O. The number of carboxylic acid groups (broad SMARTS) is 1. The summed E-state index contributed by atoms with van der Waals surface area (Å²) in [7, 11) is 2.98. The molecule has 106 valence electrons. The minimum atomic E-state index is -1.08. The largest absolute Gasteiger partial charge is 0.496 e. The fraction of sp³-hybridized carbons (Fsp3) is 0.308. The third-order valence-electron chi connectivity index (χ3n) is 3.09. The molecule has 0 radical (unpaired) electrons. The second-order valence-electron chi connectivity index (χ2n) is 4.45. The number of amides is 3. The maximum Gasteiger partial charge on any atom is 0.335 e. The predicted octanol–water partition coefficient (Wildman–Crippen LogP) is 0.787. The highest BCUT2D eigenvalue weighted by Gasteiger charge is 2.34. The standard InChI is InChI=1S/C13H14N2O5/c1-14-7-11(16)15(13(14)19)6-9-5-8(12(17)18)3-4-10(9)20-2/h3-5H,6-7H2,1-2H3,(H,17,18). The highest BCUT2D eigenvalue weighted by atomic mass is 16.5. The molecule has 20 heavy (non-hydrogen) atoms. The van der Waals surface area contributed by atoms with Crippen LogP contribution in [-0.2, 0) is 11.3 Å². The lowest BCUT2D eigenvalue weighted by Gasteiger charge is -2.16. The van der Waals surface area contributed by atoms with Gasteiger partial charge in [0.2, 0.25) is 0 Å². The third-order valence-corrected chi connectivity index (χ3v) is 3.09. The van der Waals surface area contributed by atoms with E-state index in [1.165, 1.54) is 37.3 Å². The molecule has 1 aromatic carbocycles. The topological polar surface area (TPSA) is 87.2 Å².